The van der Waals surface area contributed by atoms with Gasteiger partial charge in [-0.2, -0.15) is 0 Å². The minimum Gasteiger partial charge on any atom is -0.493 e. The summed E-state index contributed by atoms with van der Waals surface area (Å²) in [6.45, 7) is 9.84. The molecule has 5 heteroatoms. The average Bonchev–Trinajstić information content (AvgIpc) is 2.69. The quantitative estimate of drug-likeness (QED) is 0.221. The number of hydrogen-bond donors (Lipinski definition) is 0. The van der Waals surface area contributed by atoms with Crippen LogP contribution in [0.15, 0.2) is 47.6 Å². The van der Waals surface area contributed by atoms with Gasteiger partial charge in [-0.25, -0.2) is 0 Å². The fraction of sp³-hybridized carbons (Fsp3) is 0.375. The first-order chi connectivity index (χ1) is 14.0. The van der Waals surface area contributed by atoms with Crippen LogP contribution in [-0.2, 0) is 4.84 Å². The van der Waals surface area contributed by atoms with Gasteiger partial charge in [-0.05, 0) is 80.3 Å². The highest BCUT2D eigenvalue weighted by Gasteiger charge is 2.08. The average molecular weight is 398 g/mol. The zero-order chi connectivity index (χ0) is 21.1. The summed E-state index contributed by atoms with van der Waals surface area (Å²) >= 11 is 0. The van der Waals surface area contributed by atoms with Crippen LogP contribution in [0.2, 0.25) is 0 Å². The Morgan fingerprint density at radius 3 is 2.28 bits per heavy atom. The van der Waals surface area contributed by atoms with Gasteiger partial charge in [-0.1, -0.05) is 17.3 Å². The highest BCUT2D eigenvalue weighted by molar-refractivity contribution is 5.79. The Morgan fingerprint density at radius 1 is 0.897 bits per heavy atom. The number of benzene rings is 2. The standard InChI is InChI=1S/C24H31NO4/c1-6-7-11-27-22-15-19(3)24(20(4)16-22)29-13-8-12-28-23-10-9-21(14-18(23)2)17-25-26-5/h6-7,9-10,14-17H,8,11-13H2,1-5H3/b7-6+,25-17?. The van der Waals surface area contributed by atoms with Gasteiger partial charge in [-0.15, -0.1) is 0 Å². The van der Waals surface area contributed by atoms with Crippen LogP contribution in [0.5, 0.6) is 17.2 Å². The third-order valence-corrected chi connectivity index (χ3v) is 4.31. The third-order valence-electron chi connectivity index (χ3n) is 4.31. The molecule has 0 saturated heterocycles. The molecular weight excluding hydrogens is 366 g/mol. The highest BCUT2D eigenvalue weighted by Crippen LogP contribution is 2.28. The van der Waals surface area contributed by atoms with E-state index in [9.17, 15) is 0 Å². The topological polar surface area (TPSA) is 49.3 Å². The van der Waals surface area contributed by atoms with Crippen LogP contribution < -0.4 is 14.2 Å². The second-order valence-electron chi connectivity index (χ2n) is 6.76. The van der Waals surface area contributed by atoms with E-state index in [0.29, 0.717) is 19.8 Å². The van der Waals surface area contributed by atoms with E-state index in [1.165, 1.54) is 7.11 Å². The predicted molar refractivity (Wildman–Crippen MR) is 118 cm³/mol. The van der Waals surface area contributed by atoms with Gasteiger partial charge in [0.25, 0.3) is 0 Å². The third kappa shape index (κ3) is 7.18. The van der Waals surface area contributed by atoms with E-state index in [2.05, 4.69) is 5.16 Å². The Balaban J connectivity index is 1.81. The van der Waals surface area contributed by atoms with E-state index < -0.39 is 0 Å². The van der Waals surface area contributed by atoms with Crippen LogP contribution in [0.4, 0.5) is 0 Å². The molecule has 0 heterocycles. The van der Waals surface area contributed by atoms with Crippen molar-refractivity contribution >= 4 is 6.21 Å². The Morgan fingerprint density at radius 2 is 1.62 bits per heavy atom. The van der Waals surface area contributed by atoms with Crippen molar-refractivity contribution < 1.29 is 19.0 Å². The Kier molecular flexibility index (Phi) is 9.09. The lowest BCUT2D eigenvalue weighted by atomic mass is 10.1. The summed E-state index contributed by atoms with van der Waals surface area (Å²) < 4.78 is 17.6. The first-order valence-electron chi connectivity index (χ1n) is 9.83. The van der Waals surface area contributed by atoms with Crippen molar-refractivity contribution in [2.45, 2.75) is 34.1 Å². The van der Waals surface area contributed by atoms with Crippen molar-refractivity contribution in [1.29, 1.82) is 0 Å². The van der Waals surface area contributed by atoms with Crippen LogP contribution in [0.3, 0.4) is 0 Å². The van der Waals surface area contributed by atoms with Crippen molar-refractivity contribution in [2.24, 2.45) is 5.16 Å². The van der Waals surface area contributed by atoms with Crippen LogP contribution in [0, 0.1) is 20.8 Å². The summed E-state index contributed by atoms with van der Waals surface area (Å²) in [7, 11) is 1.53. The summed E-state index contributed by atoms with van der Waals surface area (Å²) in [6, 6.07) is 9.95. The number of hydrogen-bond acceptors (Lipinski definition) is 5. The summed E-state index contributed by atoms with van der Waals surface area (Å²) in [5, 5.41) is 3.77. The van der Waals surface area contributed by atoms with Crippen LogP contribution in [0.1, 0.15) is 35.6 Å². The zero-order valence-electron chi connectivity index (χ0n) is 18.0. The smallest absolute Gasteiger partial charge is 0.125 e. The molecule has 0 atom stereocenters. The van der Waals surface area contributed by atoms with Crippen LogP contribution in [-0.4, -0.2) is 33.1 Å². The maximum absolute atomic E-state index is 6.00. The minimum atomic E-state index is 0.576. The maximum Gasteiger partial charge on any atom is 0.125 e. The molecule has 0 radical (unpaired) electrons. The number of ether oxygens (including phenoxy) is 3. The molecule has 0 aromatic heterocycles. The van der Waals surface area contributed by atoms with Gasteiger partial charge in [0.05, 0.1) is 19.4 Å². The molecule has 0 saturated carbocycles. The number of allylic oxidation sites excluding steroid dienone is 1. The maximum atomic E-state index is 6.00. The van der Waals surface area contributed by atoms with Crippen LogP contribution >= 0.6 is 0 Å². The van der Waals surface area contributed by atoms with Crippen molar-refractivity contribution in [2.75, 3.05) is 26.9 Å². The SMILES string of the molecule is C/C=C/COc1cc(C)c(OCCCOc2ccc(C=NOC)cc2C)c(C)c1. The molecule has 0 aliphatic carbocycles. The molecule has 0 aliphatic rings. The van der Waals surface area contributed by atoms with Crippen LogP contribution in [0.25, 0.3) is 0 Å². The Hall–Kier alpha value is -2.95. The molecule has 5 nitrogen and oxygen atoms in total. The van der Waals surface area contributed by atoms with Crippen molar-refractivity contribution in [1.82, 2.24) is 0 Å². The molecule has 0 amide bonds. The lowest BCUT2D eigenvalue weighted by Gasteiger charge is -2.15. The summed E-state index contributed by atoms with van der Waals surface area (Å²) in [6.07, 6.45) is 6.43. The van der Waals surface area contributed by atoms with Gasteiger partial charge in [0, 0.05) is 6.42 Å². The number of nitrogens with zero attached hydrogens (tertiary/aromatic N) is 1. The largest absolute Gasteiger partial charge is 0.493 e. The monoisotopic (exact) mass is 397 g/mol. The first kappa shape index (κ1) is 22.3. The molecule has 2 rings (SSSR count). The number of aryl methyl sites for hydroxylation is 3. The second kappa shape index (κ2) is 11.8. The minimum absolute atomic E-state index is 0.576. The normalized spacial score (nSPS) is 11.2. The summed E-state index contributed by atoms with van der Waals surface area (Å²) in [5.74, 6) is 2.65. The molecule has 0 spiro atoms. The molecule has 0 unspecified atom stereocenters. The summed E-state index contributed by atoms with van der Waals surface area (Å²) in [5.41, 5.74) is 4.19. The molecular formula is C24H31NO4. The molecule has 156 valence electrons. The highest BCUT2D eigenvalue weighted by atomic mass is 16.6. The van der Waals surface area contributed by atoms with Gasteiger partial charge >= 0.3 is 0 Å². The second-order valence-corrected chi connectivity index (χ2v) is 6.76. The molecule has 0 fully saturated rings. The molecule has 0 aliphatic heterocycles. The van der Waals surface area contributed by atoms with E-state index in [4.69, 9.17) is 19.0 Å². The van der Waals surface area contributed by atoms with Gasteiger partial charge in [0.1, 0.15) is 31.0 Å². The fourth-order valence-electron chi connectivity index (χ4n) is 2.91. The van der Waals surface area contributed by atoms with E-state index >= 15 is 0 Å². The van der Waals surface area contributed by atoms with Crippen molar-refractivity contribution in [3.63, 3.8) is 0 Å². The van der Waals surface area contributed by atoms with Gasteiger partial charge < -0.3 is 19.0 Å². The van der Waals surface area contributed by atoms with Crippen molar-refractivity contribution in [3.05, 3.63) is 64.7 Å². The molecule has 0 bridgehead atoms. The molecule has 29 heavy (non-hydrogen) atoms. The molecule has 2 aromatic carbocycles. The number of oxime groups is 1. The Bertz CT molecular complexity index is 820. The van der Waals surface area contributed by atoms with Crippen molar-refractivity contribution in [3.8, 4) is 17.2 Å². The lowest BCUT2D eigenvalue weighted by molar-refractivity contribution is 0.215. The molecule has 0 N–H and O–H groups in total. The van der Waals surface area contributed by atoms with E-state index in [1.807, 2.05) is 70.2 Å². The number of rotatable bonds is 11. The van der Waals surface area contributed by atoms with E-state index in [-0.39, 0.29) is 0 Å². The van der Waals surface area contributed by atoms with E-state index in [1.54, 1.807) is 6.21 Å². The zero-order valence-corrected chi connectivity index (χ0v) is 18.0. The van der Waals surface area contributed by atoms with Gasteiger partial charge in [-0.3, -0.25) is 0 Å². The van der Waals surface area contributed by atoms with Gasteiger partial charge in [0.2, 0.25) is 0 Å². The predicted octanol–water partition coefficient (Wildman–Crippen LogP) is 5.39. The fourth-order valence-corrected chi connectivity index (χ4v) is 2.91. The van der Waals surface area contributed by atoms with Gasteiger partial charge in [0.15, 0.2) is 0 Å². The first-order valence-corrected chi connectivity index (χ1v) is 9.83. The molecule has 2 aromatic rings. The Labute approximate surface area is 173 Å². The summed E-state index contributed by atoms with van der Waals surface area (Å²) in [4.78, 5) is 4.70. The van der Waals surface area contributed by atoms with E-state index in [0.717, 1.165) is 45.9 Å². The lowest BCUT2D eigenvalue weighted by Crippen LogP contribution is -2.07.